The fourth-order valence-electron chi connectivity index (χ4n) is 1.32. The lowest BCUT2D eigenvalue weighted by Gasteiger charge is -2.19. The fraction of sp³-hybridized carbons (Fsp3) is 0.357. The molecule has 5 heteroatoms. The van der Waals surface area contributed by atoms with E-state index in [2.05, 4.69) is 15.6 Å². The molecule has 0 fully saturated rings. The van der Waals surface area contributed by atoms with Crippen LogP contribution in [0.5, 0.6) is 0 Å². The monoisotopic (exact) mass is 258 g/mol. The fourth-order valence-corrected chi connectivity index (χ4v) is 1.32. The van der Waals surface area contributed by atoms with Gasteiger partial charge in [0.2, 0.25) is 0 Å². The van der Waals surface area contributed by atoms with Crippen LogP contribution in [0.3, 0.4) is 0 Å². The molecule has 0 saturated heterocycles. The Morgan fingerprint density at radius 3 is 2.68 bits per heavy atom. The lowest BCUT2D eigenvalue weighted by Crippen LogP contribution is -2.41. The number of pyridine rings is 1. The lowest BCUT2D eigenvalue weighted by atomic mass is 10.1. The van der Waals surface area contributed by atoms with E-state index in [0.717, 1.165) is 5.56 Å². The zero-order valence-electron chi connectivity index (χ0n) is 11.6. The Morgan fingerprint density at radius 2 is 2.16 bits per heavy atom. The predicted molar refractivity (Wildman–Crippen MR) is 74.2 cm³/mol. The second-order valence-electron chi connectivity index (χ2n) is 5.24. The molecular formula is C14H18N4O. The van der Waals surface area contributed by atoms with Crippen molar-refractivity contribution < 1.29 is 4.79 Å². The smallest absolute Gasteiger partial charge is 0.263 e. The zero-order valence-corrected chi connectivity index (χ0v) is 11.6. The molecule has 0 spiro atoms. The molecule has 0 aliphatic carbocycles. The first-order chi connectivity index (χ1) is 8.81. The molecule has 0 bridgehead atoms. The van der Waals surface area contributed by atoms with Gasteiger partial charge in [-0.15, -0.1) is 0 Å². The highest BCUT2D eigenvalue weighted by Crippen LogP contribution is 2.07. The van der Waals surface area contributed by atoms with E-state index in [4.69, 9.17) is 5.26 Å². The third-order valence-electron chi connectivity index (χ3n) is 2.13. The van der Waals surface area contributed by atoms with Crippen LogP contribution in [0.15, 0.2) is 30.1 Å². The molecule has 0 unspecified atom stereocenters. The Labute approximate surface area is 113 Å². The van der Waals surface area contributed by atoms with Crippen LogP contribution in [0.2, 0.25) is 0 Å². The first-order valence-corrected chi connectivity index (χ1v) is 5.94. The number of anilines is 1. The number of hydrogen-bond donors (Lipinski definition) is 2. The number of rotatable bonds is 3. The van der Waals surface area contributed by atoms with E-state index in [-0.39, 0.29) is 11.1 Å². The highest BCUT2D eigenvalue weighted by molar-refractivity contribution is 5.97. The van der Waals surface area contributed by atoms with Gasteiger partial charge in [0.05, 0.1) is 0 Å². The number of nitrogens with one attached hydrogen (secondary N) is 2. The van der Waals surface area contributed by atoms with Crippen molar-refractivity contribution in [1.29, 1.82) is 5.26 Å². The Hall–Kier alpha value is -2.35. The Bertz CT molecular complexity index is 535. The maximum atomic E-state index is 11.8. The van der Waals surface area contributed by atoms with Gasteiger partial charge in [0.1, 0.15) is 17.5 Å². The quantitative estimate of drug-likeness (QED) is 0.643. The highest BCUT2D eigenvalue weighted by atomic mass is 16.1. The van der Waals surface area contributed by atoms with Gasteiger partial charge in [0.25, 0.3) is 5.91 Å². The minimum atomic E-state index is -0.407. The van der Waals surface area contributed by atoms with Gasteiger partial charge in [-0.25, -0.2) is 4.98 Å². The Kier molecular flexibility index (Phi) is 4.65. The molecule has 1 heterocycles. The van der Waals surface area contributed by atoms with Crippen LogP contribution in [0.4, 0.5) is 5.82 Å². The number of amides is 1. The number of carbonyl (C=O) groups is 1. The summed E-state index contributed by atoms with van der Waals surface area (Å²) in [5.74, 6) is 0.187. The first kappa shape index (κ1) is 14.7. The van der Waals surface area contributed by atoms with Crippen molar-refractivity contribution in [2.24, 2.45) is 0 Å². The summed E-state index contributed by atoms with van der Waals surface area (Å²) < 4.78 is 0. The Balaban J connectivity index is 2.78. The minimum absolute atomic E-state index is 0.0123. The average Bonchev–Trinajstić information content (AvgIpc) is 2.27. The Morgan fingerprint density at radius 1 is 1.47 bits per heavy atom. The van der Waals surface area contributed by atoms with Crippen molar-refractivity contribution in [1.82, 2.24) is 10.3 Å². The van der Waals surface area contributed by atoms with Gasteiger partial charge in [-0.05, 0) is 45.4 Å². The normalized spacial score (nSPS) is 11.6. The van der Waals surface area contributed by atoms with E-state index in [0.29, 0.717) is 5.82 Å². The van der Waals surface area contributed by atoms with E-state index < -0.39 is 5.91 Å². The lowest BCUT2D eigenvalue weighted by molar-refractivity contribution is -0.118. The summed E-state index contributed by atoms with van der Waals surface area (Å²) in [6.07, 6.45) is 3.02. The summed E-state index contributed by atoms with van der Waals surface area (Å²) in [6, 6.07) is 5.56. The molecule has 1 amide bonds. The van der Waals surface area contributed by atoms with Crippen molar-refractivity contribution in [3.63, 3.8) is 0 Å². The molecular weight excluding hydrogens is 240 g/mol. The van der Waals surface area contributed by atoms with E-state index >= 15 is 0 Å². The number of aryl methyl sites for hydroxylation is 1. The number of nitrogens with zero attached hydrogens (tertiary/aromatic N) is 2. The largest absolute Gasteiger partial charge is 0.347 e. The van der Waals surface area contributed by atoms with Crippen molar-refractivity contribution >= 4 is 11.7 Å². The molecule has 19 heavy (non-hydrogen) atoms. The maximum Gasteiger partial charge on any atom is 0.263 e. The molecule has 0 saturated carbocycles. The molecule has 0 radical (unpaired) electrons. The van der Waals surface area contributed by atoms with Crippen molar-refractivity contribution in [2.75, 3.05) is 5.32 Å². The van der Waals surface area contributed by atoms with Crippen molar-refractivity contribution in [3.05, 3.63) is 35.7 Å². The van der Waals surface area contributed by atoms with Crippen LogP contribution in [0, 0.1) is 18.3 Å². The number of aromatic nitrogens is 1. The standard InChI is InChI=1S/C14H18N4O/c1-10-5-6-16-12(7-10)17-9-11(8-15)13(19)18-14(2,3)4/h5-7,9H,1-4H3,(H,16,17)(H,18,19)/b11-9-. The maximum absolute atomic E-state index is 11.8. The molecule has 1 aromatic rings. The minimum Gasteiger partial charge on any atom is -0.347 e. The molecule has 2 N–H and O–H groups in total. The van der Waals surface area contributed by atoms with Gasteiger partial charge in [0.15, 0.2) is 0 Å². The molecule has 1 aromatic heterocycles. The number of nitriles is 1. The number of carbonyl (C=O) groups excluding carboxylic acids is 1. The van der Waals surface area contributed by atoms with E-state index in [1.165, 1.54) is 6.20 Å². The summed E-state index contributed by atoms with van der Waals surface area (Å²) in [7, 11) is 0. The molecule has 0 aromatic carbocycles. The van der Waals surface area contributed by atoms with E-state index in [1.54, 1.807) is 6.20 Å². The third kappa shape index (κ3) is 5.21. The van der Waals surface area contributed by atoms with Gasteiger partial charge < -0.3 is 10.6 Å². The van der Waals surface area contributed by atoms with E-state index in [1.807, 2.05) is 45.9 Å². The second kappa shape index (κ2) is 6.01. The van der Waals surface area contributed by atoms with Crippen molar-refractivity contribution in [3.8, 4) is 6.07 Å². The summed E-state index contributed by atoms with van der Waals surface area (Å²) >= 11 is 0. The molecule has 0 atom stereocenters. The summed E-state index contributed by atoms with van der Waals surface area (Å²) in [5.41, 5.74) is 0.677. The second-order valence-corrected chi connectivity index (χ2v) is 5.24. The average molecular weight is 258 g/mol. The molecule has 1 rings (SSSR count). The highest BCUT2D eigenvalue weighted by Gasteiger charge is 2.17. The van der Waals surface area contributed by atoms with Crippen LogP contribution >= 0.6 is 0 Å². The van der Waals surface area contributed by atoms with Crippen LogP contribution in [0.25, 0.3) is 0 Å². The number of hydrogen-bond acceptors (Lipinski definition) is 4. The van der Waals surface area contributed by atoms with Gasteiger partial charge in [-0.2, -0.15) is 5.26 Å². The molecule has 0 aliphatic heterocycles. The van der Waals surface area contributed by atoms with Gasteiger partial charge in [-0.1, -0.05) is 0 Å². The summed E-state index contributed by atoms with van der Waals surface area (Å²) in [4.78, 5) is 15.9. The molecule has 100 valence electrons. The third-order valence-corrected chi connectivity index (χ3v) is 2.13. The zero-order chi connectivity index (χ0) is 14.5. The van der Waals surface area contributed by atoms with Crippen LogP contribution in [0.1, 0.15) is 26.3 Å². The van der Waals surface area contributed by atoms with Crippen LogP contribution in [-0.2, 0) is 4.79 Å². The van der Waals surface area contributed by atoms with Crippen molar-refractivity contribution in [2.45, 2.75) is 33.2 Å². The van der Waals surface area contributed by atoms with Gasteiger partial charge in [-0.3, -0.25) is 4.79 Å². The van der Waals surface area contributed by atoms with Crippen LogP contribution < -0.4 is 10.6 Å². The topological polar surface area (TPSA) is 77.8 Å². The summed E-state index contributed by atoms with van der Waals surface area (Å²) in [6.45, 7) is 7.51. The predicted octanol–water partition coefficient (Wildman–Crippen LogP) is 2.12. The van der Waals surface area contributed by atoms with Crippen LogP contribution in [-0.4, -0.2) is 16.4 Å². The SMILES string of the molecule is Cc1ccnc(N/C=C(/C#N)C(=O)NC(C)(C)C)c1. The van der Waals surface area contributed by atoms with Gasteiger partial charge in [0, 0.05) is 17.9 Å². The van der Waals surface area contributed by atoms with Gasteiger partial charge >= 0.3 is 0 Å². The summed E-state index contributed by atoms with van der Waals surface area (Å²) in [5, 5.41) is 14.6. The van der Waals surface area contributed by atoms with E-state index in [9.17, 15) is 4.79 Å². The molecule has 0 aliphatic rings. The molecule has 5 nitrogen and oxygen atoms in total. The first-order valence-electron chi connectivity index (χ1n) is 5.94.